The summed E-state index contributed by atoms with van der Waals surface area (Å²) in [6, 6.07) is 14.6. The molecule has 1 heterocycles. The average Bonchev–Trinajstić information content (AvgIpc) is 3.01. The van der Waals surface area contributed by atoms with Crippen LogP contribution in [-0.2, 0) is 14.4 Å². The number of nitrogens with one attached hydrogen (secondary N) is 2. The standard InChI is InChI=1S/C32H37FN4O5/c1-41-25-18-19-27(42-2)26(21-25)37(30(39)13-8-12-29(38)36-28-11-6-7-20-34-28)31(22-14-16-23(33)17-15-22)32(40)35-24-9-4-3-5-10-24/h6-7,11,14-21,24,31H,3-5,8-10,12-13H2,1-2H3,(H,35,40)(H,34,36,38)/t31-/m1/s1. The number of anilines is 2. The fourth-order valence-corrected chi connectivity index (χ4v) is 5.15. The molecule has 0 aliphatic heterocycles. The van der Waals surface area contributed by atoms with Gasteiger partial charge in [0.05, 0.1) is 19.9 Å². The van der Waals surface area contributed by atoms with Crippen molar-refractivity contribution in [2.45, 2.75) is 63.5 Å². The highest BCUT2D eigenvalue weighted by molar-refractivity contribution is 6.03. The van der Waals surface area contributed by atoms with Crippen molar-refractivity contribution in [3.05, 3.63) is 78.2 Å². The molecule has 2 N–H and O–H groups in total. The number of hydrogen-bond donors (Lipinski definition) is 2. The smallest absolute Gasteiger partial charge is 0.248 e. The second-order valence-electron chi connectivity index (χ2n) is 10.2. The number of hydrogen-bond acceptors (Lipinski definition) is 6. The molecule has 4 rings (SSSR count). The Morgan fingerprint density at radius 1 is 0.976 bits per heavy atom. The highest BCUT2D eigenvalue weighted by Crippen LogP contribution is 2.38. The van der Waals surface area contributed by atoms with E-state index in [1.165, 1.54) is 43.4 Å². The minimum atomic E-state index is -1.12. The number of carbonyl (C=O) groups excluding carboxylic acids is 3. The number of nitrogens with zero attached hydrogens (tertiary/aromatic N) is 2. The Morgan fingerprint density at radius 2 is 1.74 bits per heavy atom. The van der Waals surface area contributed by atoms with Crippen LogP contribution in [-0.4, -0.2) is 43.0 Å². The second kappa shape index (κ2) is 15.0. The number of methoxy groups -OCH3 is 2. The molecule has 3 aromatic rings. The quantitative estimate of drug-likeness (QED) is 0.292. The van der Waals surface area contributed by atoms with Crippen LogP contribution < -0.4 is 25.0 Å². The SMILES string of the molecule is COc1ccc(OC)c(N(C(=O)CCCC(=O)Nc2ccccn2)[C@@H](C(=O)NC2CCCCC2)c2ccc(F)cc2)c1. The van der Waals surface area contributed by atoms with Crippen molar-refractivity contribution in [3.8, 4) is 11.5 Å². The molecule has 0 unspecified atom stereocenters. The molecule has 1 fully saturated rings. The third kappa shape index (κ3) is 8.05. The molecule has 0 saturated heterocycles. The van der Waals surface area contributed by atoms with E-state index in [0.29, 0.717) is 28.6 Å². The Morgan fingerprint density at radius 3 is 2.40 bits per heavy atom. The van der Waals surface area contributed by atoms with Crippen LogP contribution >= 0.6 is 0 Å². The van der Waals surface area contributed by atoms with Crippen molar-refractivity contribution >= 4 is 29.2 Å². The van der Waals surface area contributed by atoms with Crippen molar-refractivity contribution < 1.29 is 28.2 Å². The molecule has 1 aromatic heterocycles. The van der Waals surface area contributed by atoms with E-state index in [-0.39, 0.29) is 37.1 Å². The van der Waals surface area contributed by atoms with Crippen LogP contribution in [0.15, 0.2) is 66.9 Å². The van der Waals surface area contributed by atoms with E-state index in [4.69, 9.17) is 9.47 Å². The van der Waals surface area contributed by atoms with Crippen molar-refractivity contribution in [1.82, 2.24) is 10.3 Å². The van der Waals surface area contributed by atoms with Gasteiger partial charge >= 0.3 is 0 Å². The van der Waals surface area contributed by atoms with Crippen LogP contribution in [0.4, 0.5) is 15.9 Å². The molecule has 3 amide bonds. The number of benzene rings is 2. The topological polar surface area (TPSA) is 110 Å². The van der Waals surface area contributed by atoms with Gasteiger partial charge in [0.2, 0.25) is 17.7 Å². The van der Waals surface area contributed by atoms with Crippen molar-refractivity contribution in [1.29, 1.82) is 0 Å². The number of carbonyl (C=O) groups is 3. The number of pyridine rings is 1. The predicted octanol–water partition coefficient (Wildman–Crippen LogP) is 5.57. The van der Waals surface area contributed by atoms with Crippen LogP contribution in [0.3, 0.4) is 0 Å². The lowest BCUT2D eigenvalue weighted by molar-refractivity contribution is -0.127. The van der Waals surface area contributed by atoms with Crippen LogP contribution in [0, 0.1) is 5.82 Å². The first-order valence-electron chi connectivity index (χ1n) is 14.2. The molecular weight excluding hydrogens is 539 g/mol. The van der Waals surface area contributed by atoms with Crippen LogP contribution in [0.5, 0.6) is 11.5 Å². The zero-order valence-corrected chi connectivity index (χ0v) is 24.0. The predicted molar refractivity (Wildman–Crippen MR) is 158 cm³/mol. The Bertz CT molecular complexity index is 1350. The maximum Gasteiger partial charge on any atom is 0.248 e. The molecule has 1 aliphatic carbocycles. The summed E-state index contributed by atoms with van der Waals surface area (Å²) in [6.07, 6.45) is 6.68. The maximum atomic E-state index is 14.1. The summed E-state index contributed by atoms with van der Waals surface area (Å²) in [5, 5.41) is 5.85. The summed E-state index contributed by atoms with van der Waals surface area (Å²) in [5.74, 6) is -0.274. The van der Waals surface area contributed by atoms with Gasteiger partial charge in [-0.05, 0) is 61.2 Å². The Kier molecular flexibility index (Phi) is 10.9. The average molecular weight is 577 g/mol. The highest BCUT2D eigenvalue weighted by Gasteiger charge is 2.35. The van der Waals surface area contributed by atoms with Gasteiger partial charge in [-0.15, -0.1) is 0 Å². The minimum Gasteiger partial charge on any atom is -0.497 e. The van der Waals surface area contributed by atoms with Gasteiger partial charge < -0.3 is 20.1 Å². The molecule has 2 aromatic carbocycles. The zero-order chi connectivity index (χ0) is 29.9. The van der Waals surface area contributed by atoms with E-state index in [1.54, 1.807) is 42.6 Å². The van der Waals surface area contributed by atoms with Crippen molar-refractivity contribution in [2.75, 3.05) is 24.4 Å². The summed E-state index contributed by atoms with van der Waals surface area (Å²) in [7, 11) is 2.98. The van der Waals surface area contributed by atoms with E-state index in [2.05, 4.69) is 15.6 Å². The molecule has 1 saturated carbocycles. The Labute approximate surface area is 245 Å². The van der Waals surface area contributed by atoms with E-state index >= 15 is 0 Å². The summed E-state index contributed by atoms with van der Waals surface area (Å²) in [5.41, 5.74) is 0.767. The van der Waals surface area contributed by atoms with Gasteiger partial charge in [0.25, 0.3) is 0 Å². The molecule has 0 radical (unpaired) electrons. The van der Waals surface area contributed by atoms with Crippen LogP contribution in [0.1, 0.15) is 63.0 Å². The lowest BCUT2D eigenvalue weighted by Crippen LogP contribution is -2.47. The minimum absolute atomic E-state index is 0.0198. The van der Waals surface area contributed by atoms with E-state index < -0.39 is 17.8 Å². The van der Waals surface area contributed by atoms with Gasteiger partial charge in [0.15, 0.2) is 0 Å². The molecule has 1 aliphatic rings. The number of rotatable bonds is 12. The van der Waals surface area contributed by atoms with Gasteiger partial charge in [-0.3, -0.25) is 19.3 Å². The number of halogens is 1. The first kappa shape index (κ1) is 30.5. The van der Waals surface area contributed by atoms with Crippen molar-refractivity contribution in [2.24, 2.45) is 0 Å². The van der Waals surface area contributed by atoms with E-state index in [0.717, 1.165) is 32.1 Å². The second-order valence-corrected chi connectivity index (χ2v) is 10.2. The molecule has 0 spiro atoms. The summed E-state index contributed by atoms with van der Waals surface area (Å²) >= 11 is 0. The molecule has 1 atom stereocenters. The molecular formula is C32H37FN4O5. The maximum absolute atomic E-state index is 14.1. The number of ether oxygens (including phenoxy) is 2. The fourth-order valence-electron chi connectivity index (χ4n) is 5.15. The van der Waals surface area contributed by atoms with Gasteiger partial charge in [-0.2, -0.15) is 0 Å². The lowest BCUT2D eigenvalue weighted by atomic mass is 9.94. The first-order valence-corrected chi connectivity index (χ1v) is 14.2. The van der Waals surface area contributed by atoms with Gasteiger partial charge in [0.1, 0.15) is 29.2 Å². The monoisotopic (exact) mass is 576 g/mol. The Hall–Kier alpha value is -4.47. The largest absolute Gasteiger partial charge is 0.497 e. The number of amides is 3. The molecule has 42 heavy (non-hydrogen) atoms. The van der Waals surface area contributed by atoms with Crippen LogP contribution in [0.2, 0.25) is 0 Å². The van der Waals surface area contributed by atoms with Crippen LogP contribution in [0.25, 0.3) is 0 Å². The molecule has 222 valence electrons. The Balaban J connectivity index is 1.66. The van der Waals surface area contributed by atoms with E-state index in [9.17, 15) is 18.8 Å². The van der Waals surface area contributed by atoms with E-state index in [1.807, 2.05) is 0 Å². The van der Waals surface area contributed by atoms with Gasteiger partial charge in [-0.25, -0.2) is 9.37 Å². The molecule has 10 heteroatoms. The summed E-state index contributed by atoms with van der Waals surface area (Å²) in [6.45, 7) is 0. The highest BCUT2D eigenvalue weighted by atomic mass is 19.1. The summed E-state index contributed by atoms with van der Waals surface area (Å²) in [4.78, 5) is 46.1. The first-order chi connectivity index (χ1) is 20.4. The zero-order valence-electron chi connectivity index (χ0n) is 24.0. The summed E-state index contributed by atoms with van der Waals surface area (Å²) < 4.78 is 25.0. The third-order valence-electron chi connectivity index (χ3n) is 7.28. The third-order valence-corrected chi connectivity index (χ3v) is 7.28. The van der Waals surface area contributed by atoms with Gasteiger partial charge in [0, 0.05) is 31.1 Å². The fraction of sp³-hybridized carbons (Fsp3) is 0.375. The molecule has 9 nitrogen and oxygen atoms in total. The van der Waals surface area contributed by atoms with Gasteiger partial charge in [-0.1, -0.05) is 37.5 Å². The lowest BCUT2D eigenvalue weighted by Gasteiger charge is -2.34. The normalized spacial score (nSPS) is 14.0. The number of aromatic nitrogens is 1. The van der Waals surface area contributed by atoms with Crippen molar-refractivity contribution in [3.63, 3.8) is 0 Å². The molecule has 0 bridgehead atoms.